The van der Waals surface area contributed by atoms with E-state index in [1.165, 1.54) is 12.0 Å². The van der Waals surface area contributed by atoms with Crippen molar-refractivity contribution in [3.63, 3.8) is 0 Å². The van der Waals surface area contributed by atoms with E-state index in [1.807, 2.05) is 12.1 Å². The van der Waals surface area contributed by atoms with Gasteiger partial charge in [0.2, 0.25) is 0 Å². The first-order chi connectivity index (χ1) is 10.2. The molecular weight excluding hydrogens is 266 g/mol. The molecule has 1 aliphatic rings. The third-order valence-electron chi connectivity index (χ3n) is 3.97. The number of rotatable bonds is 8. The van der Waals surface area contributed by atoms with Crippen LogP contribution in [0.2, 0.25) is 0 Å². The largest absolute Gasteiger partial charge is 0.493 e. The molecule has 1 aromatic rings. The van der Waals surface area contributed by atoms with Gasteiger partial charge in [-0.15, -0.1) is 0 Å². The standard InChI is InChI=1S/C17H27NO3/c1-3-14(18)11-13-6-7-16(17(12-13)19-2)21-10-8-15-5-4-9-20-15/h6-7,12,14-15H,3-5,8-11,18H2,1-2H3. The lowest BCUT2D eigenvalue weighted by molar-refractivity contribution is 0.0899. The van der Waals surface area contributed by atoms with Gasteiger partial charge in [-0.3, -0.25) is 0 Å². The van der Waals surface area contributed by atoms with Gasteiger partial charge in [0.1, 0.15) is 0 Å². The fourth-order valence-electron chi connectivity index (χ4n) is 2.58. The molecule has 1 aliphatic heterocycles. The van der Waals surface area contributed by atoms with E-state index >= 15 is 0 Å². The highest BCUT2D eigenvalue weighted by atomic mass is 16.5. The molecule has 2 unspecified atom stereocenters. The van der Waals surface area contributed by atoms with E-state index in [2.05, 4.69) is 13.0 Å². The first-order valence-corrected chi connectivity index (χ1v) is 7.89. The predicted octanol–water partition coefficient (Wildman–Crippen LogP) is 2.92. The predicted molar refractivity (Wildman–Crippen MR) is 84.1 cm³/mol. The van der Waals surface area contributed by atoms with Crippen molar-refractivity contribution in [1.29, 1.82) is 0 Å². The Morgan fingerprint density at radius 3 is 2.90 bits per heavy atom. The van der Waals surface area contributed by atoms with Crippen molar-refractivity contribution in [1.82, 2.24) is 0 Å². The molecule has 0 saturated carbocycles. The second-order valence-electron chi connectivity index (χ2n) is 5.63. The van der Waals surface area contributed by atoms with Gasteiger partial charge in [-0.05, 0) is 43.4 Å². The Morgan fingerprint density at radius 2 is 2.24 bits per heavy atom. The van der Waals surface area contributed by atoms with Crippen molar-refractivity contribution >= 4 is 0 Å². The average molecular weight is 293 g/mol. The topological polar surface area (TPSA) is 53.7 Å². The van der Waals surface area contributed by atoms with Crippen molar-refractivity contribution in [3.05, 3.63) is 23.8 Å². The number of benzene rings is 1. The van der Waals surface area contributed by atoms with E-state index in [9.17, 15) is 0 Å². The Morgan fingerprint density at radius 1 is 1.38 bits per heavy atom. The zero-order valence-electron chi connectivity index (χ0n) is 13.1. The molecule has 0 amide bonds. The molecule has 0 bridgehead atoms. The molecule has 4 nitrogen and oxygen atoms in total. The molecule has 2 atom stereocenters. The van der Waals surface area contributed by atoms with E-state index in [0.29, 0.717) is 12.7 Å². The monoisotopic (exact) mass is 293 g/mol. The van der Waals surface area contributed by atoms with Crippen LogP contribution in [-0.4, -0.2) is 32.5 Å². The van der Waals surface area contributed by atoms with Crippen LogP contribution in [0.1, 0.15) is 38.2 Å². The molecule has 2 rings (SSSR count). The zero-order valence-corrected chi connectivity index (χ0v) is 13.1. The van der Waals surface area contributed by atoms with Crippen molar-refractivity contribution in [2.45, 2.75) is 51.2 Å². The Bertz CT molecular complexity index is 430. The summed E-state index contributed by atoms with van der Waals surface area (Å²) in [7, 11) is 1.67. The average Bonchev–Trinajstić information content (AvgIpc) is 3.01. The fraction of sp³-hybridized carbons (Fsp3) is 0.647. The SMILES string of the molecule is CCC(N)Cc1ccc(OCCC2CCCO2)c(OC)c1. The van der Waals surface area contributed by atoms with E-state index in [-0.39, 0.29) is 6.04 Å². The normalized spacial score (nSPS) is 19.5. The lowest BCUT2D eigenvalue weighted by Crippen LogP contribution is -2.21. The first-order valence-electron chi connectivity index (χ1n) is 7.89. The highest BCUT2D eigenvalue weighted by Crippen LogP contribution is 2.29. The van der Waals surface area contributed by atoms with Crippen molar-refractivity contribution < 1.29 is 14.2 Å². The number of nitrogens with two attached hydrogens (primary N) is 1. The molecule has 0 aliphatic carbocycles. The molecule has 0 aromatic heterocycles. The molecule has 0 radical (unpaired) electrons. The highest BCUT2D eigenvalue weighted by molar-refractivity contribution is 5.43. The molecular formula is C17H27NO3. The Labute approximate surface area is 127 Å². The lowest BCUT2D eigenvalue weighted by atomic mass is 10.0. The molecule has 1 aromatic carbocycles. The summed E-state index contributed by atoms with van der Waals surface area (Å²) in [5, 5.41) is 0. The minimum absolute atomic E-state index is 0.195. The van der Waals surface area contributed by atoms with Crippen LogP contribution >= 0.6 is 0 Å². The molecule has 2 N–H and O–H groups in total. The lowest BCUT2D eigenvalue weighted by Gasteiger charge is -2.15. The second kappa shape index (κ2) is 8.25. The summed E-state index contributed by atoms with van der Waals surface area (Å²) < 4.78 is 16.9. The van der Waals surface area contributed by atoms with E-state index in [1.54, 1.807) is 7.11 Å². The molecule has 4 heteroatoms. The molecule has 0 spiro atoms. The van der Waals surface area contributed by atoms with Crippen LogP contribution in [-0.2, 0) is 11.2 Å². The van der Waals surface area contributed by atoms with Crippen LogP contribution in [0.5, 0.6) is 11.5 Å². The Balaban J connectivity index is 1.89. The molecule has 118 valence electrons. The maximum Gasteiger partial charge on any atom is 0.161 e. The van der Waals surface area contributed by atoms with Crippen LogP contribution in [0.4, 0.5) is 0 Å². The zero-order chi connectivity index (χ0) is 15.1. The highest BCUT2D eigenvalue weighted by Gasteiger charge is 2.15. The smallest absolute Gasteiger partial charge is 0.161 e. The van der Waals surface area contributed by atoms with Gasteiger partial charge in [-0.1, -0.05) is 13.0 Å². The van der Waals surface area contributed by atoms with Gasteiger partial charge in [-0.25, -0.2) is 0 Å². The van der Waals surface area contributed by atoms with Gasteiger partial charge >= 0.3 is 0 Å². The summed E-state index contributed by atoms with van der Waals surface area (Å²) in [4.78, 5) is 0. The minimum Gasteiger partial charge on any atom is -0.493 e. The third kappa shape index (κ3) is 4.90. The van der Waals surface area contributed by atoms with E-state index in [4.69, 9.17) is 19.9 Å². The van der Waals surface area contributed by atoms with Gasteiger partial charge in [0.05, 0.1) is 19.8 Å². The molecule has 21 heavy (non-hydrogen) atoms. The van der Waals surface area contributed by atoms with Crippen LogP contribution in [0, 0.1) is 0 Å². The van der Waals surface area contributed by atoms with Gasteiger partial charge < -0.3 is 19.9 Å². The minimum atomic E-state index is 0.195. The van der Waals surface area contributed by atoms with Crippen LogP contribution in [0.25, 0.3) is 0 Å². The summed E-state index contributed by atoms with van der Waals surface area (Å²) in [5.74, 6) is 1.58. The van der Waals surface area contributed by atoms with E-state index < -0.39 is 0 Å². The van der Waals surface area contributed by atoms with Crippen molar-refractivity contribution in [2.75, 3.05) is 20.3 Å². The summed E-state index contributed by atoms with van der Waals surface area (Å²) in [6, 6.07) is 6.27. The van der Waals surface area contributed by atoms with Gasteiger partial charge in [0.25, 0.3) is 0 Å². The van der Waals surface area contributed by atoms with Crippen molar-refractivity contribution in [3.8, 4) is 11.5 Å². The van der Waals surface area contributed by atoms with Crippen LogP contribution in [0.15, 0.2) is 18.2 Å². The number of methoxy groups -OCH3 is 1. The third-order valence-corrected chi connectivity index (χ3v) is 3.97. The Kier molecular flexibility index (Phi) is 6.33. The Hall–Kier alpha value is -1.26. The summed E-state index contributed by atoms with van der Waals surface area (Å²) in [6.45, 7) is 3.65. The van der Waals surface area contributed by atoms with E-state index in [0.717, 1.165) is 43.8 Å². The summed E-state index contributed by atoms with van der Waals surface area (Å²) in [6.07, 6.45) is 5.45. The maximum atomic E-state index is 6.00. The first kappa shape index (κ1) is 16.1. The quantitative estimate of drug-likeness (QED) is 0.800. The number of ether oxygens (including phenoxy) is 3. The molecule has 1 fully saturated rings. The van der Waals surface area contributed by atoms with Crippen LogP contribution < -0.4 is 15.2 Å². The van der Waals surface area contributed by atoms with Crippen LogP contribution in [0.3, 0.4) is 0 Å². The van der Waals surface area contributed by atoms with Gasteiger partial charge in [-0.2, -0.15) is 0 Å². The maximum absolute atomic E-state index is 6.00. The number of hydrogen-bond acceptors (Lipinski definition) is 4. The van der Waals surface area contributed by atoms with Gasteiger partial charge in [0, 0.05) is 19.1 Å². The second-order valence-corrected chi connectivity index (χ2v) is 5.63. The fourth-order valence-corrected chi connectivity index (χ4v) is 2.58. The summed E-state index contributed by atoms with van der Waals surface area (Å²) >= 11 is 0. The summed E-state index contributed by atoms with van der Waals surface area (Å²) in [5.41, 5.74) is 7.19. The van der Waals surface area contributed by atoms with Gasteiger partial charge in [0.15, 0.2) is 11.5 Å². The van der Waals surface area contributed by atoms with Crippen molar-refractivity contribution in [2.24, 2.45) is 5.73 Å². The number of hydrogen-bond donors (Lipinski definition) is 1. The molecule has 1 heterocycles. The molecule has 1 saturated heterocycles.